The Morgan fingerprint density at radius 3 is 2.75 bits per heavy atom. The lowest BCUT2D eigenvalue weighted by atomic mass is 9.97. The molecular formula is C11H16O5. The number of rotatable bonds is 5. The zero-order chi connectivity index (χ0) is 12.2. The van der Waals surface area contributed by atoms with Gasteiger partial charge in [0.15, 0.2) is 0 Å². The van der Waals surface area contributed by atoms with Crippen LogP contribution < -0.4 is 4.74 Å². The van der Waals surface area contributed by atoms with E-state index in [1.54, 1.807) is 6.07 Å². The lowest BCUT2D eigenvalue weighted by molar-refractivity contribution is 0.0539. The summed E-state index contributed by atoms with van der Waals surface area (Å²) in [6.07, 6.45) is 0. The highest BCUT2D eigenvalue weighted by Crippen LogP contribution is 2.20. The molecule has 0 radical (unpaired) electrons. The van der Waals surface area contributed by atoms with Crippen LogP contribution in [-0.4, -0.2) is 31.4 Å². The number of methoxy groups -OCH3 is 1. The smallest absolute Gasteiger partial charge is 0.374 e. The summed E-state index contributed by atoms with van der Waals surface area (Å²) < 4.78 is 14.9. The first kappa shape index (κ1) is 12.6. The van der Waals surface area contributed by atoms with E-state index in [1.807, 2.05) is 13.8 Å². The zero-order valence-corrected chi connectivity index (χ0v) is 9.65. The monoisotopic (exact) mass is 228 g/mol. The van der Waals surface area contributed by atoms with Gasteiger partial charge in [0.2, 0.25) is 5.76 Å². The maximum absolute atomic E-state index is 11.1. The third kappa shape index (κ3) is 3.27. The van der Waals surface area contributed by atoms with Crippen molar-refractivity contribution >= 4 is 5.97 Å². The van der Waals surface area contributed by atoms with E-state index in [0.29, 0.717) is 6.61 Å². The molecule has 0 amide bonds. The second kappa shape index (κ2) is 5.03. The number of carbonyl (C=O) groups excluding carboxylic acids is 1. The van der Waals surface area contributed by atoms with E-state index in [2.05, 4.69) is 4.74 Å². The lowest BCUT2D eigenvalue weighted by Gasteiger charge is -2.20. The van der Waals surface area contributed by atoms with Crippen molar-refractivity contribution in [2.45, 2.75) is 13.8 Å². The summed E-state index contributed by atoms with van der Waals surface area (Å²) >= 11 is 0. The number of furan rings is 1. The van der Waals surface area contributed by atoms with Crippen LogP contribution in [0.5, 0.6) is 5.95 Å². The van der Waals surface area contributed by atoms with Gasteiger partial charge in [-0.05, 0) is 6.07 Å². The van der Waals surface area contributed by atoms with Crippen molar-refractivity contribution in [2.75, 3.05) is 20.3 Å². The highest BCUT2D eigenvalue weighted by Gasteiger charge is 2.19. The summed E-state index contributed by atoms with van der Waals surface area (Å²) in [6, 6.07) is 3.02. The van der Waals surface area contributed by atoms with Crippen LogP contribution in [0.2, 0.25) is 0 Å². The van der Waals surface area contributed by atoms with E-state index in [0.717, 1.165) is 0 Å². The van der Waals surface area contributed by atoms with Crippen LogP contribution in [0.1, 0.15) is 24.4 Å². The Morgan fingerprint density at radius 2 is 2.19 bits per heavy atom. The molecule has 0 aliphatic heterocycles. The van der Waals surface area contributed by atoms with Crippen LogP contribution in [0.4, 0.5) is 0 Å². The predicted molar refractivity (Wildman–Crippen MR) is 56.4 cm³/mol. The topological polar surface area (TPSA) is 68.9 Å². The van der Waals surface area contributed by atoms with Crippen molar-refractivity contribution in [1.82, 2.24) is 0 Å². The van der Waals surface area contributed by atoms with Crippen molar-refractivity contribution in [3.63, 3.8) is 0 Å². The Labute approximate surface area is 94.0 Å². The molecule has 5 nitrogen and oxygen atoms in total. The van der Waals surface area contributed by atoms with Crippen molar-refractivity contribution < 1.29 is 23.8 Å². The van der Waals surface area contributed by atoms with Crippen molar-refractivity contribution in [1.29, 1.82) is 0 Å². The molecule has 0 bridgehead atoms. The Bertz CT molecular complexity index is 353. The highest BCUT2D eigenvalue weighted by atomic mass is 16.6. The van der Waals surface area contributed by atoms with Crippen molar-refractivity contribution in [3.8, 4) is 5.95 Å². The molecule has 0 unspecified atom stereocenters. The van der Waals surface area contributed by atoms with Gasteiger partial charge in [-0.2, -0.15) is 0 Å². The van der Waals surface area contributed by atoms with Gasteiger partial charge in [-0.15, -0.1) is 0 Å². The molecule has 0 atom stereocenters. The van der Waals surface area contributed by atoms with Gasteiger partial charge in [0.1, 0.15) is 0 Å². The number of aliphatic hydroxyl groups excluding tert-OH is 1. The van der Waals surface area contributed by atoms with Gasteiger partial charge in [-0.25, -0.2) is 4.79 Å². The SMILES string of the molecule is COC(=O)c1ccc(OCC(C)(C)CO)o1. The third-order valence-electron chi connectivity index (χ3n) is 2.00. The molecule has 1 aromatic rings. The Hall–Kier alpha value is -1.49. The predicted octanol–water partition coefficient (Wildman–Crippen LogP) is 1.46. The zero-order valence-electron chi connectivity index (χ0n) is 9.65. The van der Waals surface area contributed by atoms with Crippen LogP contribution >= 0.6 is 0 Å². The summed E-state index contributed by atoms with van der Waals surface area (Å²) in [5.41, 5.74) is -0.349. The lowest BCUT2D eigenvalue weighted by Crippen LogP contribution is -2.25. The minimum absolute atomic E-state index is 0.0115. The van der Waals surface area contributed by atoms with Gasteiger partial charge in [0.25, 0.3) is 5.95 Å². The second-order valence-corrected chi connectivity index (χ2v) is 4.22. The number of esters is 1. The minimum Gasteiger partial charge on any atom is -0.464 e. The molecule has 0 spiro atoms. The maximum Gasteiger partial charge on any atom is 0.374 e. The number of ether oxygens (including phenoxy) is 2. The number of hydrogen-bond acceptors (Lipinski definition) is 5. The number of aliphatic hydroxyl groups is 1. The van der Waals surface area contributed by atoms with E-state index < -0.39 is 5.97 Å². The molecule has 0 saturated carbocycles. The quantitative estimate of drug-likeness (QED) is 0.773. The molecule has 1 heterocycles. The fourth-order valence-corrected chi connectivity index (χ4v) is 0.920. The third-order valence-corrected chi connectivity index (χ3v) is 2.00. The first-order chi connectivity index (χ1) is 7.48. The first-order valence-corrected chi connectivity index (χ1v) is 4.90. The maximum atomic E-state index is 11.1. The van der Waals surface area contributed by atoms with Gasteiger partial charge in [0, 0.05) is 11.5 Å². The fourth-order valence-electron chi connectivity index (χ4n) is 0.920. The molecule has 0 fully saturated rings. The Balaban J connectivity index is 2.56. The summed E-state index contributed by atoms with van der Waals surface area (Å²) in [4.78, 5) is 11.1. The van der Waals surface area contributed by atoms with Crippen LogP contribution in [0, 0.1) is 5.41 Å². The van der Waals surface area contributed by atoms with Gasteiger partial charge in [-0.1, -0.05) is 13.8 Å². The van der Waals surface area contributed by atoms with E-state index in [9.17, 15) is 4.79 Å². The molecule has 5 heteroatoms. The van der Waals surface area contributed by atoms with E-state index in [1.165, 1.54) is 13.2 Å². The van der Waals surface area contributed by atoms with E-state index in [4.69, 9.17) is 14.3 Å². The summed E-state index contributed by atoms with van der Waals surface area (Å²) in [6.45, 7) is 4.03. The van der Waals surface area contributed by atoms with Gasteiger partial charge in [0.05, 0.1) is 20.3 Å². The average molecular weight is 228 g/mol. The highest BCUT2D eigenvalue weighted by molar-refractivity contribution is 5.86. The minimum atomic E-state index is -0.545. The van der Waals surface area contributed by atoms with Crippen LogP contribution in [0.25, 0.3) is 0 Å². The van der Waals surface area contributed by atoms with E-state index in [-0.39, 0.29) is 23.7 Å². The molecule has 1 N–H and O–H groups in total. The molecule has 0 saturated heterocycles. The van der Waals surface area contributed by atoms with Crippen LogP contribution in [0.3, 0.4) is 0 Å². The molecular weight excluding hydrogens is 212 g/mol. The first-order valence-electron chi connectivity index (χ1n) is 4.90. The van der Waals surface area contributed by atoms with Crippen molar-refractivity contribution in [3.05, 3.63) is 17.9 Å². The molecule has 16 heavy (non-hydrogen) atoms. The van der Waals surface area contributed by atoms with Gasteiger partial charge < -0.3 is 19.0 Å². The number of hydrogen-bond donors (Lipinski definition) is 1. The van der Waals surface area contributed by atoms with Gasteiger partial charge >= 0.3 is 5.97 Å². The molecule has 90 valence electrons. The molecule has 0 aliphatic carbocycles. The van der Waals surface area contributed by atoms with E-state index >= 15 is 0 Å². The normalized spacial score (nSPS) is 11.2. The van der Waals surface area contributed by atoms with Gasteiger partial charge in [-0.3, -0.25) is 0 Å². The molecule has 1 rings (SSSR count). The van der Waals surface area contributed by atoms with Crippen LogP contribution in [0.15, 0.2) is 16.5 Å². The van der Waals surface area contributed by atoms with Crippen molar-refractivity contribution in [2.24, 2.45) is 5.41 Å². The summed E-state index contributed by atoms with van der Waals surface area (Å²) in [5, 5.41) is 9.02. The molecule has 0 aliphatic rings. The summed E-state index contributed by atoms with van der Waals surface area (Å²) in [5.74, 6) is -0.211. The Kier molecular flexibility index (Phi) is 3.95. The largest absolute Gasteiger partial charge is 0.464 e. The Morgan fingerprint density at radius 1 is 1.50 bits per heavy atom. The fraction of sp³-hybridized carbons (Fsp3) is 0.545. The second-order valence-electron chi connectivity index (χ2n) is 4.22. The number of carbonyl (C=O) groups is 1. The van der Waals surface area contributed by atoms with Crippen LogP contribution in [-0.2, 0) is 4.74 Å². The standard InChI is InChI=1S/C11H16O5/c1-11(2,6-12)7-15-9-5-4-8(16-9)10(13)14-3/h4-5,12H,6-7H2,1-3H3. The molecule has 0 aromatic carbocycles. The average Bonchev–Trinajstić information content (AvgIpc) is 2.74. The molecule has 1 aromatic heterocycles. The summed E-state index contributed by atoms with van der Waals surface area (Å²) in [7, 11) is 1.28.